The lowest BCUT2D eigenvalue weighted by Crippen LogP contribution is -2.31. The van der Waals surface area contributed by atoms with Crippen molar-refractivity contribution in [1.82, 2.24) is 0 Å². The molecule has 1 unspecified atom stereocenters. The van der Waals surface area contributed by atoms with E-state index in [1.54, 1.807) is 24.3 Å². The van der Waals surface area contributed by atoms with Gasteiger partial charge in [-0.3, -0.25) is 23.0 Å². The van der Waals surface area contributed by atoms with Gasteiger partial charge in [0.25, 0.3) is 40.5 Å². The molecule has 0 aromatic heterocycles. The molecule has 0 bridgehead atoms. The third-order valence-electron chi connectivity index (χ3n) is 11.8. The number of ether oxygens (including phenoxy) is 1. The number of aliphatic carboxylic acids is 1. The number of carboxylic acid groups (broad SMARTS) is 1. The van der Waals surface area contributed by atoms with Crippen LogP contribution in [0.2, 0.25) is 0 Å². The van der Waals surface area contributed by atoms with Crippen LogP contribution in [0.1, 0.15) is 70.4 Å². The summed E-state index contributed by atoms with van der Waals surface area (Å²) in [5, 5.41) is 10.5. The number of carboxylic acids is 1. The zero-order valence-electron chi connectivity index (χ0n) is 34.8. The first-order valence-corrected chi connectivity index (χ1v) is 25.7. The molecule has 0 spiro atoms. The number of nitrogens with zero attached hydrogens (tertiary/aromatic N) is 2. The van der Waals surface area contributed by atoms with Gasteiger partial charge in [-0.05, 0) is 111 Å². The first-order chi connectivity index (χ1) is 29.2. The summed E-state index contributed by atoms with van der Waals surface area (Å²) in [6, 6.07) is 12.8. The fourth-order valence-electron chi connectivity index (χ4n) is 9.06. The number of hydrogen-bond acceptors (Lipinski definition) is 11. The van der Waals surface area contributed by atoms with Crippen LogP contribution >= 0.6 is 0 Å². The van der Waals surface area contributed by atoms with Crippen LogP contribution in [0, 0.1) is 0 Å². The van der Waals surface area contributed by atoms with E-state index in [1.165, 1.54) is 25.3 Å². The molecule has 4 aromatic rings. The zero-order chi connectivity index (χ0) is 46.5. The molecule has 0 radical (unpaired) electrons. The molecular weight excluding hydrogens is 901 g/mol. The van der Waals surface area contributed by atoms with Crippen LogP contribution in [0.3, 0.4) is 0 Å². The maximum Gasteiger partial charge on any atom is 0.303 e. The molecule has 2 heterocycles. The molecule has 5 N–H and O–H groups in total. The Morgan fingerprint density at radius 3 is 2.05 bits per heavy atom. The summed E-state index contributed by atoms with van der Waals surface area (Å²) in [5.41, 5.74) is 1.62. The molecule has 21 heteroatoms. The van der Waals surface area contributed by atoms with Crippen LogP contribution in [0.5, 0.6) is 0 Å². The Morgan fingerprint density at radius 2 is 1.43 bits per heavy atom. The van der Waals surface area contributed by atoms with E-state index in [0.717, 1.165) is 6.07 Å². The molecule has 2 aliphatic heterocycles. The molecule has 2 aliphatic rings. The van der Waals surface area contributed by atoms with Crippen molar-refractivity contribution in [1.29, 1.82) is 0 Å². The maximum atomic E-state index is 12.6. The van der Waals surface area contributed by atoms with Crippen molar-refractivity contribution in [3.63, 3.8) is 0 Å². The van der Waals surface area contributed by atoms with Crippen molar-refractivity contribution in [2.45, 2.75) is 84.8 Å². The number of fused-ring (bicyclic) bond motifs is 6. The summed E-state index contributed by atoms with van der Waals surface area (Å²) in [7, 11) is -17.4. The zero-order valence-corrected chi connectivity index (χ0v) is 38.1. The Balaban J connectivity index is 1.57. The third-order valence-corrected chi connectivity index (χ3v) is 15.2. The minimum atomic E-state index is -5.00. The van der Waals surface area contributed by atoms with Gasteiger partial charge in [-0.2, -0.15) is 38.2 Å². The Bertz CT molecular complexity index is 3090. The van der Waals surface area contributed by atoms with E-state index in [-0.39, 0.29) is 41.5 Å². The van der Waals surface area contributed by atoms with E-state index < -0.39 is 72.8 Å². The third kappa shape index (κ3) is 9.76. The monoisotopic (exact) mass is 949 g/mol. The second-order valence-electron chi connectivity index (χ2n) is 16.4. The molecule has 0 aliphatic carbocycles. The van der Waals surface area contributed by atoms with Gasteiger partial charge < -0.3 is 14.7 Å². The van der Waals surface area contributed by atoms with Gasteiger partial charge in [-0.15, -0.1) is 0 Å². The second kappa shape index (κ2) is 17.4. The van der Waals surface area contributed by atoms with Gasteiger partial charge in [-0.1, -0.05) is 18.2 Å². The lowest BCUT2D eigenvalue weighted by atomic mass is 9.75. The van der Waals surface area contributed by atoms with Crippen LogP contribution < -0.4 is 4.90 Å². The predicted molar refractivity (Wildman–Crippen MR) is 236 cm³/mol. The molecule has 0 saturated heterocycles. The number of rotatable bonds is 18. The summed E-state index contributed by atoms with van der Waals surface area (Å²) >= 11 is 0. The summed E-state index contributed by atoms with van der Waals surface area (Å²) in [4.78, 5) is 11.4. The van der Waals surface area contributed by atoms with Gasteiger partial charge in [0.05, 0.1) is 27.6 Å². The highest BCUT2D eigenvalue weighted by Crippen LogP contribution is 2.54. The highest BCUT2D eigenvalue weighted by Gasteiger charge is 2.47. The molecule has 6 rings (SSSR count). The number of allylic oxidation sites excluding steroid dienone is 4. The highest BCUT2D eigenvalue weighted by atomic mass is 32.2. The van der Waals surface area contributed by atoms with Crippen molar-refractivity contribution in [2.24, 2.45) is 0 Å². The molecule has 0 amide bonds. The van der Waals surface area contributed by atoms with E-state index in [1.807, 2.05) is 48.5 Å². The SMILES string of the molecule is COCCN1C(=CC=CC2=[N+](CCCCCC(=O)O)c3ccc4c(S(=O)(=O)O)cc(S(=O)(=O)O)cc4c3C2(C)C)C(C)(CCCS(=O)(=O)O)c2c1ccc1ccc(S(=O)(=O)O)cc21. The molecule has 1 atom stereocenters. The van der Waals surface area contributed by atoms with Gasteiger partial charge >= 0.3 is 5.97 Å². The summed E-state index contributed by atoms with van der Waals surface area (Å²) in [6.45, 7) is 6.44. The Morgan fingerprint density at radius 1 is 0.762 bits per heavy atom. The van der Waals surface area contributed by atoms with Crippen molar-refractivity contribution in [3.8, 4) is 0 Å². The van der Waals surface area contributed by atoms with Gasteiger partial charge in [0.15, 0.2) is 5.71 Å². The predicted octanol–water partition coefficient (Wildman–Crippen LogP) is 6.29. The average molecular weight is 950 g/mol. The summed E-state index contributed by atoms with van der Waals surface area (Å²) < 4.78 is 146. The first-order valence-electron chi connectivity index (χ1n) is 19.8. The minimum Gasteiger partial charge on any atom is -0.481 e. The maximum absolute atomic E-state index is 12.6. The molecule has 340 valence electrons. The topological polar surface area (TPSA) is 270 Å². The Labute approximate surface area is 366 Å². The van der Waals surface area contributed by atoms with E-state index in [2.05, 4.69) is 0 Å². The van der Waals surface area contributed by atoms with Gasteiger partial charge in [-0.25, -0.2) is 0 Å². The van der Waals surface area contributed by atoms with Crippen molar-refractivity contribution < 1.29 is 71.1 Å². The first kappa shape index (κ1) is 47.9. The lowest BCUT2D eigenvalue weighted by Gasteiger charge is -2.30. The normalized spacial score (nSPS) is 18.6. The molecule has 0 fully saturated rings. The van der Waals surface area contributed by atoms with Crippen molar-refractivity contribution >= 4 is 85.1 Å². The number of unbranched alkanes of at least 4 members (excludes halogenated alkanes) is 2. The largest absolute Gasteiger partial charge is 0.481 e. The smallest absolute Gasteiger partial charge is 0.303 e. The van der Waals surface area contributed by atoms with Crippen LogP contribution in [0.4, 0.5) is 11.4 Å². The van der Waals surface area contributed by atoms with Gasteiger partial charge in [0.2, 0.25) is 5.69 Å². The van der Waals surface area contributed by atoms with E-state index in [9.17, 15) is 61.8 Å². The fraction of sp³-hybridized carbons (Fsp3) is 0.381. The molecule has 17 nitrogen and oxygen atoms in total. The van der Waals surface area contributed by atoms with Crippen molar-refractivity contribution in [2.75, 3.05) is 37.5 Å². The van der Waals surface area contributed by atoms with Crippen molar-refractivity contribution in [3.05, 3.63) is 89.6 Å². The van der Waals surface area contributed by atoms with Crippen LogP contribution in [-0.4, -0.2) is 106 Å². The highest BCUT2D eigenvalue weighted by molar-refractivity contribution is 7.87. The van der Waals surface area contributed by atoms with Gasteiger partial charge in [0, 0.05) is 66.4 Å². The van der Waals surface area contributed by atoms with Crippen LogP contribution in [0.15, 0.2) is 93.2 Å². The molecular formula is C42H49N2O15S4+. The quantitative estimate of drug-likeness (QED) is 0.0417. The Hall–Kier alpha value is -4.58. The standard InChI is InChI=1S/C42H48N2O15S4/c1-41(2)36(43(20-7-5-6-12-38(45)46)33-18-16-30-32(39(33)41)25-29(62(53,54)55)26-35(30)63(56,57)58)10-8-11-37-42(3,19-9-23-60(47,48)49)40-31-24-28(61(50,51)52)15-13-27(31)14-17-34(40)44(37)21-22-59-4/h8,10-11,13-18,24-26H,5-7,9,12,19-23H2,1-4H3,(H4-,45,46,47,48,49,50,51,52,53,54,55,56,57,58)/p+1. The molecule has 63 heavy (non-hydrogen) atoms. The Kier molecular flexibility index (Phi) is 13.2. The summed E-state index contributed by atoms with van der Waals surface area (Å²) in [6.07, 6.45) is 6.99. The number of methoxy groups -OCH3 is 1. The summed E-state index contributed by atoms with van der Waals surface area (Å²) in [5.74, 6) is -1.49. The fourth-order valence-corrected chi connectivity index (χ4v) is 11.4. The van der Waals surface area contributed by atoms with E-state index >= 15 is 0 Å². The average Bonchev–Trinajstić information content (AvgIpc) is 3.53. The molecule has 4 aromatic carbocycles. The van der Waals surface area contributed by atoms with E-state index in [0.29, 0.717) is 83.1 Å². The number of anilines is 1. The van der Waals surface area contributed by atoms with E-state index in [4.69, 9.17) is 4.74 Å². The number of hydrogen-bond donors (Lipinski definition) is 5. The van der Waals surface area contributed by atoms with Crippen LogP contribution in [-0.2, 0) is 60.8 Å². The lowest BCUT2D eigenvalue weighted by molar-refractivity contribution is -0.438. The van der Waals surface area contributed by atoms with Crippen LogP contribution in [0.25, 0.3) is 21.5 Å². The number of benzene rings is 4. The minimum absolute atomic E-state index is 0.00185. The second-order valence-corrected chi connectivity index (χ2v) is 22.2. The van der Waals surface area contributed by atoms with Gasteiger partial charge in [0.1, 0.15) is 11.4 Å². The molecule has 0 saturated carbocycles. The number of carbonyl (C=O) groups is 1.